The van der Waals surface area contributed by atoms with Crippen molar-refractivity contribution in [3.63, 3.8) is 0 Å². The molecular weight excluding hydrogens is 256 g/mol. The number of anilines is 1. The van der Waals surface area contributed by atoms with E-state index < -0.39 is 24.7 Å². The van der Waals surface area contributed by atoms with Gasteiger partial charge in [0.15, 0.2) is 0 Å². The number of amides is 1. The summed E-state index contributed by atoms with van der Waals surface area (Å²) in [5.41, 5.74) is 1.76. The summed E-state index contributed by atoms with van der Waals surface area (Å²) in [6, 6.07) is 4.67. The quantitative estimate of drug-likeness (QED) is 0.907. The normalized spacial score (nSPS) is 14.7. The second-order valence-electron chi connectivity index (χ2n) is 4.70. The molecule has 1 aliphatic rings. The van der Waals surface area contributed by atoms with Crippen LogP contribution in [0.4, 0.5) is 14.5 Å². The molecule has 0 aliphatic carbocycles. The maximum atomic E-state index is 13.4. The van der Waals surface area contributed by atoms with Crippen molar-refractivity contribution in [2.24, 2.45) is 0 Å². The van der Waals surface area contributed by atoms with Gasteiger partial charge in [0.2, 0.25) is 5.91 Å². The molecule has 1 aromatic carbocycles. The van der Waals surface area contributed by atoms with Gasteiger partial charge in [-0.05, 0) is 17.2 Å². The first kappa shape index (κ1) is 13.5. The van der Waals surface area contributed by atoms with Crippen molar-refractivity contribution >= 4 is 17.6 Å². The Balaban J connectivity index is 2.18. The molecule has 0 fully saturated rings. The minimum absolute atomic E-state index is 0.0792. The fraction of sp³-hybridized carbons (Fsp3) is 0.385. The van der Waals surface area contributed by atoms with Gasteiger partial charge in [-0.15, -0.1) is 0 Å². The molecule has 102 valence electrons. The molecule has 6 heteroatoms. The van der Waals surface area contributed by atoms with E-state index in [-0.39, 0.29) is 12.3 Å². The third-order valence-corrected chi connectivity index (χ3v) is 3.09. The lowest BCUT2D eigenvalue weighted by molar-refractivity contribution is -0.144. The largest absolute Gasteiger partial charge is 0.481 e. The van der Waals surface area contributed by atoms with Crippen LogP contribution >= 0.6 is 0 Å². The summed E-state index contributed by atoms with van der Waals surface area (Å²) >= 11 is 0. The molecule has 2 rings (SSSR count). The number of alkyl halides is 2. The van der Waals surface area contributed by atoms with Crippen molar-refractivity contribution in [3.05, 3.63) is 29.3 Å². The van der Waals surface area contributed by atoms with Gasteiger partial charge in [0.05, 0.1) is 6.42 Å². The van der Waals surface area contributed by atoms with Crippen LogP contribution < -0.4 is 4.90 Å². The Hall–Kier alpha value is -1.98. The molecule has 1 aromatic rings. The van der Waals surface area contributed by atoms with Crippen molar-refractivity contribution in [2.45, 2.75) is 25.2 Å². The minimum atomic E-state index is -3.28. The molecule has 0 bridgehead atoms. The van der Waals surface area contributed by atoms with E-state index in [1.807, 2.05) is 0 Å². The predicted octanol–water partition coefficient (Wildman–Crippen LogP) is 1.86. The van der Waals surface area contributed by atoms with Crippen LogP contribution in [0.25, 0.3) is 0 Å². The molecule has 0 radical (unpaired) electrons. The van der Waals surface area contributed by atoms with Gasteiger partial charge in [-0.2, -0.15) is 0 Å². The number of likely N-dealkylation sites (N-methyl/N-ethyl adjacent to an activating group) is 1. The molecule has 0 saturated heterocycles. The number of carboxylic acids is 1. The van der Waals surface area contributed by atoms with Crippen LogP contribution in [0, 0.1) is 0 Å². The summed E-state index contributed by atoms with van der Waals surface area (Å²) in [7, 11) is 1.63. The first-order valence-electron chi connectivity index (χ1n) is 5.76. The van der Waals surface area contributed by atoms with Crippen LogP contribution in [0.3, 0.4) is 0 Å². The summed E-state index contributed by atoms with van der Waals surface area (Å²) in [6.45, 7) is 0. The third kappa shape index (κ3) is 2.89. The third-order valence-electron chi connectivity index (χ3n) is 3.09. The first-order valence-corrected chi connectivity index (χ1v) is 5.76. The molecule has 1 heterocycles. The first-order chi connectivity index (χ1) is 8.78. The van der Waals surface area contributed by atoms with Crippen LogP contribution in [-0.4, -0.2) is 30.0 Å². The molecule has 1 N–H and O–H groups in total. The molecular formula is C13H13F2NO3. The topological polar surface area (TPSA) is 57.6 Å². The van der Waals surface area contributed by atoms with E-state index >= 15 is 0 Å². The summed E-state index contributed by atoms with van der Waals surface area (Å²) in [4.78, 5) is 23.3. The maximum absolute atomic E-state index is 13.4. The van der Waals surface area contributed by atoms with Crippen molar-refractivity contribution in [1.29, 1.82) is 0 Å². The summed E-state index contributed by atoms with van der Waals surface area (Å²) in [5.74, 6) is -4.89. The monoisotopic (exact) mass is 269 g/mol. The van der Waals surface area contributed by atoms with Gasteiger partial charge in [0.1, 0.15) is 6.42 Å². The summed E-state index contributed by atoms with van der Waals surface area (Å²) < 4.78 is 26.8. The average molecular weight is 269 g/mol. The van der Waals surface area contributed by atoms with E-state index in [0.717, 1.165) is 5.69 Å². The van der Waals surface area contributed by atoms with Gasteiger partial charge in [-0.3, -0.25) is 9.59 Å². The Labute approximate surface area is 108 Å². The highest BCUT2D eigenvalue weighted by Gasteiger charge is 2.33. The number of halogens is 2. The van der Waals surface area contributed by atoms with Crippen molar-refractivity contribution < 1.29 is 23.5 Å². The molecule has 1 aliphatic heterocycles. The molecule has 0 saturated carbocycles. The van der Waals surface area contributed by atoms with Gasteiger partial charge in [-0.1, -0.05) is 12.1 Å². The van der Waals surface area contributed by atoms with Crippen LogP contribution in [0.2, 0.25) is 0 Å². The van der Waals surface area contributed by atoms with Gasteiger partial charge in [0.25, 0.3) is 5.92 Å². The van der Waals surface area contributed by atoms with Gasteiger partial charge < -0.3 is 10.0 Å². The Morgan fingerprint density at radius 1 is 1.47 bits per heavy atom. The van der Waals surface area contributed by atoms with Gasteiger partial charge in [-0.25, -0.2) is 8.78 Å². The lowest BCUT2D eigenvalue weighted by atomic mass is 10.0. The number of carbonyl (C=O) groups excluding carboxylic acids is 1. The zero-order valence-corrected chi connectivity index (χ0v) is 10.3. The zero-order chi connectivity index (χ0) is 14.2. The second kappa shape index (κ2) is 4.60. The van der Waals surface area contributed by atoms with Crippen molar-refractivity contribution in [3.8, 4) is 0 Å². The summed E-state index contributed by atoms with van der Waals surface area (Å²) in [5, 5.41) is 8.42. The molecule has 0 unspecified atom stereocenters. The standard InChI is InChI=1S/C13H13F2NO3/c1-16-10-3-2-8(4-9(10)5-11(16)17)6-13(14,15)7-12(18)19/h2-4H,5-7H2,1H3,(H,18,19). The number of benzene rings is 1. The van der Waals surface area contributed by atoms with E-state index in [2.05, 4.69) is 0 Å². The minimum Gasteiger partial charge on any atom is -0.481 e. The van der Waals surface area contributed by atoms with Gasteiger partial charge in [0, 0.05) is 19.2 Å². The Kier molecular flexibility index (Phi) is 3.26. The maximum Gasteiger partial charge on any atom is 0.309 e. The lowest BCUT2D eigenvalue weighted by Crippen LogP contribution is -2.23. The van der Waals surface area contributed by atoms with Crippen LogP contribution in [0.1, 0.15) is 17.5 Å². The fourth-order valence-electron chi connectivity index (χ4n) is 2.22. The molecule has 0 spiro atoms. The van der Waals surface area contributed by atoms with E-state index in [1.54, 1.807) is 19.2 Å². The molecule has 4 nitrogen and oxygen atoms in total. The number of aliphatic carboxylic acids is 1. The number of fused-ring (bicyclic) bond motifs is 1. The SMILES string of the molecule is CN1C(=O)Cc2cc(CC(F)(F)CC(=O)O)ccc21. The van der Waals surface area contributed by atoms with Crippen molar-refractivity contribution in [1.82, 2.24) is 0 Å². The fourth-order valence-corrected chi connectivity index (χ4v) is 2.22. The number of nitrogens with zero attached hydrogens (tertiary/aromatic N) is 1. The van der Waals surface area contributed by atoms with Crippen molar-refractivity contribution in [2.75, 3.05) is 11.9 Å². The summed E-state index contributed by atoms with van der Waals surface area (Å²) in [6.07, 6.45) is -1.63. The molecule has 0 aromatic heterocycles. The van der Waals surface area contributed by atoms with E-state index in [9.17, 15) is 18.4 Å². The molecule has 0 atom stereocenters. The van der Waals surface area contributed by atoms with Crippen LogP contribution in [0.5, 0.6) is 0 Å². The van der Waals surface area contributed by atoms with E-state index in [1.165, 1.54) is 11.0 Å². The van der Waals surface area contributed by atoms with E-state index in [4.69, 9.17) is 5.11 Å². The predicted molar refractivity (Wildman–Crippen MR) is 64.5 cm³/mol. The smallest absolute Gasteiger partial charge is 0.309 e. The van der Waals surface area contributed by atoms with Crippen LogP contribution in [0.15, 0.2) is 18.2 Å². The highest BCUT2D eigenvalue weighted by molar-refractivity contribution is 6.00. The zero-order valence-electron chi connectivity index (χ0n) is 10.3. The second-order valence-corrected chi connectivity index (χ2v) is 4.70. The Morgan fingerprint density at radius 2 is 2.16 bits per heavy atom. The number of hydrogen-bond donors (Lipinski definition) is 1. The van der Waals surface area contributed by atoms with Gasteiger partial charge >= 0.3 is 5.97 Å². The number of carboxylic acid groups (broad SMARTS) is 1. The highest BCUT2D eigenvalue weighted by atomic mass is 19.3. The highest BCUT2D eigenvalue weighted by Crippen LogP contribution is 2.31. The Bertz CT molecular complexity index is 543. The van der Waals surface area contributed by atoms with E-state index in [0.29, 0.717) is 11.1 Å². The Morgan fingerprint density at radius 3 is 2.79 bits per heavy atom. The number of carbonyl (C=O) groups is 2. The number of hydrogen-bond acceptors (Lipinski definition) is 2. The molecule has 19 heavy (non-hydrogen) atoms. The van der Waals surface area contributed by atoms with Crippen LogP contribution in [-0.2, 0) is 22.4 Å². The lowest BCUT2D eigenvalue weighted by Gasteiger charge is -2.15. The molecule has 1 amide bonds. The number of rotatable bonds is 4. The average Bonchev–Trinajstić information content (AvgIpc) is 2.51.